The molecule has 1 fully saturated rings. The molecule has 2 nitrogen and oxygen atoms in total. The van der Waals surface area contributed by atoms with Gasteiger partial charge in [0, 0.05) is 18.1 Å². The second-order valence-electron chi connectivity index (χ2n) is 6.58. The Hall–Kier alpha value is -0.860. The molecule has 1 aliphatic rings. The normalized spacial score (nSPS) is 24.1. The number of nitrogens with two attached hydrogens (primary N) is 1. The predicted octanol–water partition coefficient (Wildman–Crippen LogP) is 3.60. The molecular weight excluding hydrogens is 244 g/mol. The van der Waals surface area contributed by atoms with E-state index in [1.54, 1.807) is 0 Å². The molecule has 0 radical (unpaired) electrons. The molecule has 0 saturated carbocycles. The fourth-order valence-corrected chi connectivity index (χ4v) is 3.50. The van der Waals surface area contributed by atoms with Crippen molar-refractivity contribution in [1.29, 1.82) is 0 Å². The molecule has 2 rings (SSSR count). The highest BCUT2D eigenvalue weighted by Crippen LogP contribution is 2.28. The third kappa shape index (κ3) is 3.83. The van der Waals surface area contributed by atoms with Gasteiger partial charge in [-0.15, -0.1) is 0 Å². The third-order valence-electron chi connectivity index (χ3n) is 4.98. The number of hydrogen-bond acceptors (Lipinski definition) is 2. The van der Waals surface area contributed by atoms with E-state index in [1.807, 2.05) is 0 Å². The van der Waals surface area contributed by atoms with E-state index in [1.165, 1.54) is 37.8 Å². The first-order chi connectivity index (χ1) is 9.65. The van der Waals surface area contributed by atoms with Crippen molar-refractivity contribution >= 4 is 0 Å². The zero-order chi connectivity index (χ0) is 14.4. The van der Waals surface area contributed by atoms with Crippen LogP contribution in [0.4, 0.5) is 0 Å². The number of hydrogen-bond donors (Lipinski definition) is 1. The molecule has 0 aromatic heterocycles. The molecule has 0 aliphatic carbocycles. The highest BCUT2D eigenvalue weighted by Gasteiger charge is 2.33. The van der Waals surface area contributed by atoms with Crippen LogP contribution in [0.2, 0.25) is 0 Å². The minimum Gasteiger partial charge on any atom is -0.329 e. The lowest BCUT2D eigenvalue weighted by Gasteiger charge is -2.44. The average molecular weight is 274 g/mol. The lowest BCUT2D eigenvalue weighted by molar-refractivity contribution is 0.0642. The number of likely N-dealkylation sites (tertiary alicyclic amines) is 1. The summed E-state index contributed by atoms with van der Waals surface area (Å²) < 4.78 is 0. The second kappa shape index (κ2) is 7.24. The number of nitrogens with zero attached hydrogens (tertiary/aromatic N) is 1. The number of aryl methyl sites for hydroxylation is 1. The molecule has 2 unspecified atom stereocenters. The summed E-state index contributed by atoms with van der Waals surface area (Å²) in [5.74, 6) is 0. The standard InChI is InChI=1S/C18H30N2/c1-16-9-5-4-8-14-20(16)18(2,15-19)13-12-17-10-6-3-7-11-17/h3,6-7,10-11,16H,4-5,8-9,12-15,19H2,1-2H3. The molecule has 1 aromatic rings. The zero-order valence-electron chi connectivity index (χ0n) is 13.1. The summed E-state index contributed by atoms with van der Waals surface area (Å²) in [5, 5.41) is 0. The fourth-order valence-electron chi connectivity index (χ4n) is 3.50. The van der Waals surface area contributed by atoms with E-state index in [0.29, 0.717) is 6.04 Å². The van der Waals surface area contributed by atoms with Crippen molar-refractivity contribution in [1.82, 2.24) is 4.90 Å². The summed E-state index contributed by atoms with van der Waals surface area (Å²) in [6.07, 6.45) is 7.67. The van der Waals surface area contributed by atoms with Crippen LogP contribution in [0.5, 0.6) is 0 Å². The van der Waals surface area contributed by atoms with E-state index in [2.05, 4.69) is 49.1 Å². The van der Waals surface area contributed by atoms with Crippen LogP contribution in [0.15, 0.2) is 30.3 Å². The maximum atomic E-state index is 6.17. The monoisotopic (exact) mass is 274 g/mol. The first kappa shape index (κ1) is 15.5. The van der Waals surface area contributed by atoms with Crippen LogP contribution in [-0.4, -0.2) is 29.6 Å². The SMILES string of the molecule is CC1CCCCCN1C(C)(CN)CCc1ccccc1. The van der Waals surface area contributed by atoms with E-state index in [9.17, 15) is 0 Å². The summed E-state index contributed by atoms with van der Waals surface area (Å²) in [5.41, 5.74) is 7.74. The van der Waals surface area contributed by atoms with Gasteiger partial charge >= 0.3 is 0 Å². The molecule has 0 bridgehead atoms. The Morgan fingerprint density at radius 3 is 2.65 bits per heavy atom. The van der Waals surface area contributed by atoms with Gasteiger partial charge in [0.1, 0.15) is 0 Å². The topological polar surface area (TPSA) is 29.3 Å². The molecule has 1 aromatic carbocycles. The quantitative estimate of drug-likeness (QED) is 0.889. The molecule has 0 spiro atoms. The van der Waals surface area contributed by atoms with Crippen LogP contribution >= 0.6 is 0 Å². The lowest BCUT2D eigenvalue weighted by Crippen LogP contribution is -2.55. The maximum absolute atomic E-state index is 6.17. The molecular formula is C18H30N2. The highest BCUT2D eigenvalue weighted by atomic mass is 15.2. The Bertz CT molecular complexity index is 390. The first-order valence-corrected chi connectivity index (χ1v) is 8.16. The van der Waals surface area contributed by atoms with Gasteiger partial charge in [0.15, 0.2) is 0 Å². The van der Waals surface area contributed by atoms with Crippen LogP contribution in [-0.2, 0) is 6.42 Å². The van der Waals surface area contributed by atoms with Crippen molar-refractivity contribution in [2.24, 2.45) is 5.73 Å². The molecule has 1 heterocycles. The van der Waals surface area contributed by atoms with Gasteiger partial charge in [0.2, 0.25) is 0 Å². The Morgan fingerprint density at radius 2 is 1.95 bits per heavy atom. The molecule has 2 N–H and O–H groups in total. The minimum atomic E-state index is 0.138. The minimum absolute atomic E-state index is 0.138. The third-order valence-corrected chi connectivity index (χ3v) is 4.98. The van der Waals surface area contributed by atoms with Gasteiger partial charge in [-0.2, -0.15) is 0 Å². The van der Waals surface area contributed by atoms with E-state index in [0.717, 1.165) is 19.4 Å². The maximum Gasteiger partial charge on any atom is 0.0309 e. The van der Waals surface area contributed by atoms with Crippen molar-refractivity contribution in [3.8, 4) is 0 Å². The molecule has 20 heavy (non-hydrogen) atoms. The van der Waals surface area contributed by atoms with E-state index >= 15 is 0 Å². The van der Waals surface area contributed by atoms with E-state index in [-0.39, 0.29) is 5.54 Å². The van der Waals surface area contributed by atoms with Crippen LogP contribution < -0.4 is 5.73 Å². The first-order valence-electron chi connectivity index (χ1n) is 8.16. The molecule has 1 aliphatic heterocycles. The molecule has 1 saturated heterocycles. The van der Waals surface area contributed by atoms with Gasteiger partial charge in [-0.3, -0.25) is 4.90 Å². The summed E-state index contributed by atoms with van der Waals surface area (Å²) in [6, 6.07) is 11.5. The zero-order valence-corrected chi connectivity index (χ0v) is 13.1. The fraction of sp³-hybridized carbons (Fsp3) is 0.667. The average Bonchev–Trinajstić information content (AvgIpc) is 2.71. The second-order valence-corrected chi connectivity index (χ2v) is 6.58. The Kier molecular flexibility index (Phi) is 5.62. The number of benzene rings is 1. The smallest absolute Gasteiger partial charge is 0.0309 e. The van der Waals surface area contributed by atoms with E-state index in [4.69, 9.17) is 5.73 Å². The highest BCUT2D eigenvalue weighted by molar-refractivity contribution is 5.15. The van der Waals surface area contributed by atoms with Crippen molar-refractivity contribution < 1.29 is 0 Å². The summed E-state index contributed by atoms with van der Waals surface area (Å²) in [4.78, 5) is 2.68. The largest absolute Gasteiger partial charge is 0.329 e. The van der Waals surface area contributed by atoms with Crippen LogP contribution in [0.3, 0.4) is 0 Å². The molecule has 2 atom stereocenters. The Labute approximate surface area is 124 Å². The molecule has 2 heteroatoms. The van der Waals surface area contributed by atoms with Crippen molar-refractivity contribution in [2.75, 3.05) is 13.1 Å². The van der Waals surface area contributed by atoms with Gasteiger partial charge in [-0.25, -0.2) is 0 Å². The van der Waals surface area contributed by atoms with Crippen LogP contribution in [0.1, 0.15) is 51.5 Å². The van der Waals surface area contributed by atoms with E-state index < -0.39 is 0 Å². The van der Waals surface area contributed by atoms with Gasteiger partial charge in [-0.05, 0) is 51.6 Å². The summed E-state index contributed by atoms with van der Waals surface area (Å²) in [7, 11) is 0. The van der Waals surface area contributed by atoms with Crippen molar-refractivity contribution in [2.45, 2.75) is 64.0 Å². The van der Waals surface area contributed by atoms with Gasteiger partial charge in [0.25, 0.3) is 0 Å². The number of rotatable bonds is 5. The van der Waals surface area contributed by atoms with Crippen LogP contribution in [0.25, 0.3) is 0 Å². The van der Waals surface area contributed by atoms with Gasteiger partial charge in [0.05, 0.1) is 0 Å². The van der Waals surface area contributed by atoms with Gasteiger partial charge < -0.3 is 5.73 Å². The summed E-state index contributed by atoms with van der Waals surface area (Å²) >= 11 is 0. The Balaban J connectivity index is 2.03. The molecule has 112 valence electrons. The van der Waals surface area contributed by atoms with Gasteiger partial charge in [-0.1, -0.05) is 43.2 Å². The summed E-state index contributed by atoms with van der Waals surface area (Å²) in [6.45, 7) is 6.70. The predicted molar refractivity (Wildman–Crippen MR) is 86.9 cm³/mol. The van der Waals surface area contributed by atoms with Crippen molar-refractivity contribution in [3.05, 3.63) is 35.9 Å². The lowest BCUT2D eigenvalue weighted by atomic mass is 9.89. The Morgan fingerprint density at radius 1 is 1.20 bits per heavy atom. The van der Waals surface area contributed by atoms with Crippen LogP contribution in [0, 0.1) is 0 Å². The van der Waals surface area contributed by atoms with Crippen molar-refractivity contribution in [3.63, 3.8) is 0 Å². The molecule has 0 amide bonds.